The maximum absolute atomic E-state index is 13.6. The Morgan fingerprint density at radius 1 is 1.16 bits per heavy atom. The van der Waals surface area contributed by atoms with E-state index >= 15 is 0 Å². The van der Waals surface area contributed by atoms with E-state index in [9.17, 15) is 9.18 Å². The maximum atomic E-state index is 13.6. The van der Waals surface area contributed by atoms with Crippen LogP contribution in [-0.4, -0.2) is 22.5 Å². The van der Waals surface area contributed by atoms with Gasteiger partial charge >= 0.3 is 0 Å². The lowest BCUT2D eigenvalue weighted by Gasteiger charge is -2.17. The van der Waals surface area contributed by atoms with Crippen molar-refractivity contribution in [3.05, 3.63) is 110 Å². The second-order valence-electron chi connectivity index (χ2n) is 9.00. The van der Waals surface area contributed by atoms with Crippen molar-refractivity contribution >= 4 is 33.0 Å². The van der Waals surface area contributed by atoms with E-state index in [-0.39, 0.29) is 23.9 Å². The third-order valence-corrected chi connectivity index (χ3v) is 6.26. The highest BCUT2D eigenvalue weighted by atomic mass is 79.9. The molecule has 38 heavy (non-hydrogen) atoms. The van der Waals surface area contributed by atoms with Crippen molar-refractivity contribution in [1.29, 1.82) is 0 Å². The molecule has 1 heterocycles. The van der Waals surface area contributed by atoms with Crippen molar-refractivity contribution in [3.8, 4) is 11.5 Å². The topological polar surface area (TPSA) is 65.7 Å². The zero-order valence-corrected chi connectivity index (χ0v) is 23.2. The van der Waals surface area contributed by atoms with Crippen LogP contribution in [0.2, 0.25) is 0 Å². The summed E-state index contributed by atoms with van der Waals surface area (Å²) in [5, 5.41) is 5.03. The molecule has 0 aliphatic heterocycles. The van der Waals surface area contributed by atoms with Crippen LogP contribution in [0.15, 0.2) is 81.6 Å². The molecule has 0 unspecified atom stereocenters. The van der Waals surface area contributed by atoms with Gasteiger partial charge in [0, 0.05) is 16.0 Å². The van der Waals surface area contributed by atoms with Gasteiger partial charge < -0.3 is 9.47 Å². The van der Waals surface area contributed by atoms with Crippen LogP contribution in [0.4, 0.5) is 4.39 Å². The minimum absolute atomic E-state index is 0.0261. The first-order chi connectivity index (χ1) is 18.3. The van der Waals surface area contributed by atoms with Crippen molar-refractivity contribution in [3.63, 3.8) is 0 Å². The van der Waals surface area contributed by atoms with Crippen LogP contribution in [0.5, 0.6) is 11.5 Å². The van der Waals surface area contributed by atoms with Crippen LogP contribution in [0.3, 0.4) is 0 Å². The summed E-state index contributed by atoms with van der Waals surface area (Å²) in [4.78, 5) is 18.1. The van der Waals surface area contributed by atoms with E-state index in [1.54, 1.807) is 30.5 Å². The van der Waals surface area contributed by atoms with Crippen LogP contribution in [0, 0.1) is 5.82 Å². The molecule has 0 amide bonds. The molecule has 3 aromatic carbocycles. The van der Waals surface area contributed by atoms with Crippen molar-refractivity contribution in [2.45, 2.75) is 39.7 Å². The molecular weight excluding hydrogens is 549 g/mol. The molecular formula is C30H29BrFN3O3. The molecule has 0 aliphatic rings. The van der Waals surface area contributed by atoms with Crippen molar-refractivity contribution in [2.24, 2.45) is 5.10 Å². The van der Waals surface area contributed by atoms with Crippen LogP contribution >= 0.6 is 15.9 Å². The van der Waals surface area contributed by atoms with Crippen LogP contribution in [0.1, 0.15) is 49.2 Å². The minimum Gasteiger partial charge on any atom is -0.490 e. The first-order valence-corrected chi connectivity index (χ1v) is 13.1. The van der Waals surface area contributed by atoms with E-state index in [4.69, 9.17) is 14.5 Å². The van der Waals surface area contributed by atoms with E-state index < -0.39 is 0 Å². The molecule has 8 heteroatoms. The highest BCUT2D eigenvalue weighted by molar-refractivity contribution is 9.10. The van der Waals surface area contributed by atoms with Crippen LogP contribution in [0.25, 0.3) is 10.9 Å². The number of fused-ring (bicyclic) bond motifs is 1. The molecule has 0 saturated heterocycles. The lowest BCUT2D eigenvalue weighted by atomic mass is 10.1. The summed E-state index contributed by atoms with van der Waals surface area (Å²) in [5.41, 5.74) is 2.64. The predicted molar refractivity (Wildman–Crippen MR) is 153 cm³/mol. The quantitative estimate of drug-likeness (QED) is 0.150. The second kappa shape index (κ2) is 12.2. The first-order valence-electron chi connectivity index (χ1n) is 12.3. The van der Waals surface area contributed by atoms with Crippen molar-refractivity contribution in [1.82, 2.24) is 9.66 Å². The van der Waals surface area contributed by atoms with E-state index in [0.29, 0.717) is 46.8 Å². The summed E-state index contributed by atoms with van der Waals surface area (Å²) in [6.07, 6.45) is 3.90. The van der Waals surface area contributed by atoms with E-state index in [2.05, 4.69) is 27.6 Å². The molecule has 6 nitrogen and oxygen atoms in total. The number of benzene rings is 3. The summed E-state index contributed by atoms with van der Waals surface area (Å²) in [6.45, 7) is 10.3. The lowest BCUT2D eigenvalue weighted by molar-refractivity contribution is 0.267. The molecule has 0 N–H and O–H groups in total. The number of rotatable bonds is 10. The van der Waals surface area contributed by atoms with Gasteiger partial charge in [-0.15, -0.1) is 6.58 Å². The van der Waals surface area contributed by atoms with Crippen LogP contribution in [-0.2, 0) is 13.0 Å². The zero-order valence-electron chi connectivity index (χ0n) is 21.6. The van der Waals surface area contributed by atoms with Crippen LogP contribution < -0.4 is 15.0 Å². The van der Waals surface area contributed by atoms with Gasteiger partial charge in [-0.2, -0.15) is 9.78 Å². The summed E-state index contributed by atoms with van der Waals surface area (Å²) in [5.74, 6) is 1.31. The lowest BCUT2D eigenvalue weighted by Crippen LogP contribution is -2.23. The fourth-order valence-corrected chi connectivity index (χ4v) is 4.41. The monoisotopic (exact) mass is 577 g/mol. The Morgan fingerprint density at radius 2 is 1.97 bits per heavy atom. The third kappa shape index (κ3) is 6.19. The van der Waals surface area contributed by atoms with Gasteiger partial charge in [-0.3, -0.25) is 4.79 Å². The third-order valence-electron chi connectivity index (χ3n) is 5.76. The van der Waals surface area contributed by atoms with E-state index in [1.807, 2.05) is 45.0 Å². The molecule has 4 rings (SSSR count). The smallest absolute Gasteiger partial charge is 0.282 e. The normalized spacial score (nSPS) is 11.4. The summed E-state index contributed by atoms with van der Waals surface area (Å²) < 4.78 is 27.8. The number of hydrogen-bond acceptors (Lipinski definition) is 5. The Bertz CT molecular complexity index is 1560. The molecule has 0 spiro atoms. The van der Waals surface area contributed by atoms with E-state index in [0.717, 1.165) is 15.6 Å². The van der Waals surface area contributed by atoms with Crippen molar-refractivity contribution < 1.29 is 13.9 Å². The highest BCUT2D eigenvalue weighted by Gasteiger charge is 2.16. The van der Waals surface area contributed by atoms with Crippen molar-refractivity contribution in [2.75, 3.05) is 6.61 Å². The Morgan fingerprint density at radius 3 is 2.68 bits per heavy atom. The standard InChI is InChI=1S/C30H29BrFN3O3/c1-5-8-22-13-21(15-27(37-6-2)28(22)38-18-20-9-7-10-24(32)14-20)17-33-35-29(19(3)4)34-26-12-11-23(31)16-25(26)30(35)36/h5,7,9-17,19H,1,6,8,18H2,2-4H3. The number of allylic oxidation sites excluding steroid dienone is 1. The van der Waals surface area contributed by atoms with Gasteiger partial charge in [0.05, 0.1) is 23.7 Å². The molecule has 0 saturated carbocycles. The Hall–Kier alpha value is -3.78. The molecule has 0 atom stereocenters. The van der Waals surface area contributed by atoms with Gasteiger partial charge in [-0.05, 0) is 66.9 Å². The first kappa shape index (κ1) is 27.3. The Balaban J connectivity index is 1.76. The number of hydrogen-bond donors (Lipinski definition) is 0. The molecule has 0 fully saturated rings. The molecule has 0 aliphatic carbocycles. The maximum Gasteiger partial charge on any atom is 0.282 e. The number of halogens is 2. The Kier molecular flexibility index (Phi) is 8.73. The molecule has 4 aromatic rings. The molecule has 0 radical (unpaired) electrons. The average molecular weight is 578 g/mol. The van der Waals surface area contributed by atoms with Gasteiger partial charge in [0.1, 0.15) is 18.2 Å². The van der Waals surface area contributed by atoms with Gasteiger partial charge in [0.15, 0.2) is 11.5 Å². The molecule has 0 bridgehead atoms. The average Bonchev–Trinajstić information content (AvgIpc) is 2.88. The second-order valence-corrected chi connectivity index (χ2v) is 9.92. The largest absolute Gasteiger partial charge is 0.490 e. The van der Waals surface area contributed by atoms with Gasteiger partial charge in [-0.25, -0.2) is 9.37 Å². The van der Waals surface area contributed by atoms with E-state index in [1.165, 1.54) is 16.8 Å². The SMILES string of the molecule is C=CCc1cc(C=Nn2c(C(C)C)nc3ccc(Br)cc3c2=O)cc(OCC)c1OCc1cccc(F)c1. The number of aromatic nitrogens is 2. The highest BCUT2D eigenvalue weighted by Crippen LogP contribution is 2.34. The van der Waals surface area contributed by atoms with Gasteiger partial charge in [-0.1, -0.05) is 48.0 Å². The number of nitrogens with zero attached hydrogens (tertiary/aromatic N) is 3. The number of ether oxygens (including phenoxy) is 2. The molecule has 196 valence electrons. The summed E-state index contributed by atoms with van der Waals surface area (Å²) >= 11 is 3.43. The van der Waals surface area contributed by atoms with Gasteiger partial charge in [0.25, 0.3) is 5.56 Å². The zero-order chi connectivity index (χ0) is 27.2. The van der Waals surface area contributed by atoms with Gasteiger partial charge in [0.2, 0.25) is 0 Å². The fourth-order valence-electron chi connectivity index (χ4n) is 4.05. The fraction of sp³-hybridized carbons (Fsp3) is 0.233. The summed E-state index contributed by atoms with van der Waals surface area (Å²) in [7, 11) is 0. The summed E-state index contributed by atoms with van der Waals surface area (Å²) in [6, 6.07) is 15.4. The minimum atomic E-state index is -0.319. The molecule has 1 aromatic heterocycles. The predicted octanol–water partition coefficient (Wildman–Crippen LogP) is 7.01. The Labute approximate surface area is 229 Å².